The number of Topliss-reactive ketones (excluding diaryl/α,β-unsaturated/α-hetero) is 1. The van der Waals surface area contributed by atoms with Crippen molar-refractivity contribution in [2.75, 3.05) is 13.2 Å². The zero-order valence-electron chi connectivity index (χ0n) is 25.8. The van der Waals surface area contributed by atoms with Crippen molar-refractivity contribution >= 4 is 30.7 Å². The van der Waals surface area contributed by atoms with Gasteiger partial charge in [-0.25, -0.2) is 4.68 Å². The number of carbonyl (C=O) groups is 2. The van der Waals surface area contributed by atoms with Crippen LogP contribution in [0.25, 0.3) is 10.9 Å². The number of ketones is 1. The number of rotatable bonds is 12. The molecule has 2 fully saturated rings. The van der Waals surface area contributed by atoms with Crippen molar-refractivity contribution in [2.24, 2.45) is 23.7 Å². The lowest BCUT2D eigenvalue weighted by molar-refractivity contribution is -0.150. The van der Waals surface area contributed by atoms with Crippen LogP contribution in [0, 0.1) is 23.7 Å². The smallest absolute Gasteiger partial charge is 0.310 e. The molecule has 8 nitrogen and oxygen atoms in total. The van der Waals surface area contributed by atoms with Crippen LogP contribution in [0.4, 0.5) is 0 Å². The molecule has 0 aliphatic heterocycles. The molecular weight excluding hydrogens is 558 g/mol. The van der Waals surface area contributed by atoms with Gasteiger partial charge < -0.3 is 9.47 Å². The molecular formula is C34H45N3O5Si. The fourth-order valence-electron chi connectivity index (χ4n) is 6.60. The van der Waals surface area contributed by atoms with Crippen molar-refractivity contribution in [3.8, 4) is 5.75 Å². The fraction of sp³-hybridized carbons (Fsp3) is 0.559. The Bertz CT molecular complexity index is 1460. The van der Waals surface area contributed by atoms with E-state index in [9.17, 15) is 14.4 Å². The van der Waals surface area contributed by atoms with Crippen molar-refractivity contribution in [3.05, 3.63) is 64.4 Å². The second-order valence-corrected chi connectivity index (χ2v) is 19.2. The van der Waals surface area contributed by atoms with E-state index < -0.39 is 19.9 Å². The summed E-state index contributed by atoms with van der Waals surface area (Å²) in [5, 5.41) is 8.85. The first kappa shape index (κ1) is 31.1. The number of esters is 1. The van der Waals surface area contributed by atoms with E-state index in [1.54, 1.807) is 30.3 Å². The molecule has 2 saturated carbocycles. The number of aromatic nitrogens is 3. The van der Waals surface area contributed by atoms with Gasteiger partial charge in [0.1, 0.15) is 11.3 Å². The molecule has 0 saturated heterocycles. The van der Waals surface area contributed by atoms with Gasteiger partial charge in [-0.1, -0.05) is 69.1 Å². The lowest BCUT2D eigenvalue weighted by atomic mass is 9.84. The molecule has 230 valence electrons. The van der Waals surface area contributed by atoms with Crippen LogP contribution < -0.4 is 10.3 Å². The Kier molecular flexibility index (Phi) is 10.1. The predicted octanol–water partition coefficient (Wildman–Crippen LogP) is 6.55. The minimum Gasteiger partial charge on any atom is -0.494 e. The van der Waals surface area contributed by atoms with Crippen molar-refractivity contribution in [1.29, 1.82) is 0 Å². The highest BCUT2D eigenvalue weighted by molar-refractivity contribution is 6.76. The highest BCUT2D eigenvalue weighted by Crippen LogP contribution is 2.41. The lowest BCUT2D eigenvalue weighted by Gasteiger charge is -2.24. The van der Waals surface area contributed by atoms with E-state index in [-0.39, 0.29) is 29.8 Å². The molecule has 0 bridgehead atoms. The zero-order chi connectivity index (χ0) is 30.4. The van der Waals surface area contributed by atoms with Gasteiger partial charge in [0, 0.05) is 19.6 Å². The molecule has 0 radical (unpaired) electrons. The number of hydrogen-bond acceptors (Lipinski definition) is 7. The number of nitrogens with zero attached hydrogens (tertiary/aromatic N) is 3. The maximum absolute atomic E-state index is 13.8. The zero-order valence-corrected chi connectivity index (χ0v) is 26.8. The molecule has 0 amide bonds. The van der Waals surface area contributed by atoms with Crippen LogP contribution in [-0.4, -0.2) is 48.0 Å². The molecule has 3 atom stereocenters. The van der Waals surface area contributed by atoms with E-state index in [2.05, 4.69) is 30.0 Å². The average molecular weight is 604 g/mol. The molecule has 3 unspecified atom stereocenters. The van der Waals surface area contributed by atoms with Gasteiger partial charge in [-0.2, -0.15) is 0 Å². The largest absolute Gasteiger partial charge is 0.494 e. The normalized spacial score (nSPS) is 21.1. The summed E-state index contributed by atoms with van der Waals surface area (Å²) in [5.41, 5.74) is 0.852. The minimum atomic E-state index is -1.41. The van der Waals surface area contributed by atoms with Crippen molar-refractivity contribution in [2.45, 2.75) is 83.6 Å². The van der Waals surface area contributed by atoms with E-state index in [0.717, 1.165) is 24.1 Å². The van der Waals surface area contributed by atoms with Gasteiger partial charge in [0.05, 0.1) is 31.1 Å². The van der Waals surface area contributed by atoms with Crippen LogP contribution in [0.3, 0.4) is 0 Å². The van der Waals surface area contributed by atoms with Crippen LogP contribution in [-0.2, 0) is 16.1 Å². The lowest BCUT2D eigenvalue weighted by Crippen LogP contribution is -2.36. The Balaban J connectivity index is 1.29. The fourth-order valence-corrected chi connectivity index (χ4v) is 7.32. The van der Waals surface area contributed by atoms with Crippen LogP contribution in [0.15, 0.2) is 53.3 Å². The summed E-state index contributed by atoms with van der Waals surface area (Å²) in [6.07, 6.45) is 8.82. The summed E-state index contributed by atoms with van der Waals surface area (Å²) in [7, 11) is -1.41. The van der Waals surface area contributed by atoms with Gasteiger partial charge in [-0.05, 0) is 73.5 Å². The molecule has 9 heteroatoms. The maximum Gasteiger partial charge on any atom is 0.310 e. The SMILES string of the molecule is C[Si](C)(C)CCOC(=O)C1C(Cn2nnc3ccccc3c2=O)CCC1C(=O)c1ccc(OCCC2CCCCC2)cc1. The standard InChI is InChI=1S/C34H45N3O5Si/c1-43(2,3)22-21-42-34(40)31-26(23-37-33(39)28-11-7-8-12-30(28)35-36-37)15-18-29(31)32(38)25-13-16-27(17-14-25)41-20-19-24-9-5-4-6-10-24/h7-8,11-14,16-17,24,26,29,31H,4-6,9-10,15,18-23H2,1-3H3. The van der Waals surface area contributed by atoms with Crippen molar-refractivity contribution in [3.63, 3.8) is 0 Å². The quantitative estimate of drug-likeness (QED) is 0.132. The number of benzene rings is 2. The van der Waals surface area contributed by atoms with E-state index in [1.165, 1.54) is 36.8 Å². The second-order valence-electron chi connectivity index (χ2n) is 13.6. The molecule has 2 aromatic carbocycles. The second kappa shape index (κ2) is 14.0. The summed E-state index contributed by atoms with van der Waals surface area (Å²) in [6, 6.07) is 15.3. The van der Waals surface area contributed by atoms with Gasteiger partial charge in [0.15, 0.2) is 5.78 Å². The third kappa shape index (κ3) is 7.99. The summed E-state index contributed by atoms with van der Waals surface area (Å²) in [6.45, 7) is 7.95. The van der Waals surface area contributed by atoms with Gasteiger partial charge in [0.2, 0.25) is 0 Å². The number of hydrogen-bond donors (Lipinski definition) is 0. The summed E-state index contributed by atoms with van der Waals surface area (Å²) in [5.74, 6) is -0.350. The summed E-state index contributed by atoms with van der Waals surface area (Å²) < 4.78 is 13.1. The Hall–Kier alpha value is -3.33. The van der Waals surface area contributed by atoms with E-state index in [4.69, 9.17) is 9.47 Å². The molecule has 43 heavy (non-hydrogen) atoms. The topological polar surface area (TPSA) is 100 Å². The van der Waals surface area contributed by atoms with E-state index in [0.29, 0.717) is 42.5 Å². The van der Waals surface area contributed by atoms with Crippen LogP contribution in [0.5, 0.6) is 5.75 Å². The Labute approximate surface area is 255 Å². The van der Waals surface area contributed by atoms with Crippen LogP contribution in [0.1, 0.15) is 61.7 Å². The monoisotopic (exact) mass is 603 g/mol. The number of ether oxygens (including phenoxy) is 2. The Morgan fingerprint density at radius 3 is 2.42 bits per heavy atom. The molecule has 0 spiro atoms. The summed E-state index contributed by atoms with van der Waals surface area (Å²) >= 11 is 0. The first-order valence-electron chi connectivity index (χ1n) is 16.0. The van der Waals surface area contributed by atoms with Gasteiger partial charge in [0.25, 0.3) is 5.56 Å². The minimum absolute atomic E-state index is 0.0691. The Morgan fingerprint density at radius 1 is 0.930 bits per heavy atom. The maximum atomic E-state index is 13.8. The van der Waals surface area contributed by atoms with E-state index in [1.807, 2.05) is 18.2 Å². The molecule has 0 N–H and O–H groups in total. The van der Waals surface area contributed by atoms with Gasteiger partial charge in [-0.15, -0.1) is 5.10 Å². The molecule has 2 aliphatic carbocycles. The summed E-state index contributed by atoms with van der Waals surface area (Å²) in [4.78, 5) is 40.6. The number of carbonyl (C=O) groups excluding carboxylic acids is 2. The predicted molar refractivity (Wildman–Crippen MR) is 170 cm³/mol. The molecule has 2 aliphatic rings. The van der Waals surface area contributed by atoms with Gasteiger partial charge >= 0.3 is 5.97 Å². The van der Waals surface area contributed by atoms with Crippen molar-refractivity contribution < 1.29 is 19.1 Å². The first-order chi connectivity index (χ1) is 20.7. The van der Waals surface area contributed by atoms with Gasteiger partial charge in [-0.3, -0.25) is 14.4 Å². The third-order valence-electron chi connectivity index (χ3n) is 9.19. The number of fused-ring (bicyclic) bond motifs is 1. The molecule has 5 rings (SSSR count). The Morgan fingerprint density at radius 2 is 1.67 bits per heavy atom. The molecule has 1 aromatic heterocycles. The third-order valence-corrected chi connectivity index (χ3v) is 10.9. The molecule has 3 aromatic rings. The van der Waals surface area contributed by atoms with Crippen LogP contribution >= 0.6 is 0 Å². The first-order valence-corrected chi connectivity index (χ1v) is 19.7. The average Bonchev–Trinajstić information content (AvgIpc) is 3.42. The van der Waals surface area contributed by atoms with Crippen LogP contribution in [0.2, 0.25) is 25.7 Å². The van der Waals surface area contributed by atoms with Crippen molar-refractivity contribution in [1.82, 2.24) is 15.0 Å². The highest BCUT2D eigenvalue weighted by atomic mass is 28.3. The highest BCUT2D eigenvalue weighted by Gasteiger charge is 2.46. The van der Waals surface area contributed by atoms with E-state index >= 15 is 0 Å². The molecule has 1 heterocycles.